The number of alkyl halides is 1. The van der Waals surface area contributed by atoms with Gasteiger partial charge in [-0.1, -0.05) is 18.6 Å². The van der Waals surface area contributed by atoms with E-state index in [0.717, 1.165) is 18.6 Å². The highest BCUT2D eigenvalue weighted by atomic mass is 32.2. The van der Waals surface area contributed by atoms with Gasteiger partial charge in [0.1, 0.15) is 11.6 Å². The molecule has 1 aliphatic carbocycles. The first-order valence-electron chi connectivity index (χ1n) is 10.1. The van der Waals surface area contributed by atoms with Crippen molar-refractivity contribution in [2.24, 2.45) is 0 Å². The molecule has 5 nitrogen and oxygen atoms in total. The quantitative estimate of drug-likeness (QED) is 0.667. The summed E-state index contributed by atoms with van der Waals surface area (Å²) >= 11 is 0. The van der Waals surface area contributed by atoms with Gasteiger partial charge in [0.15, 0.2) is 5.67 Å². The van der Waals surface area contributed by atoms with Crippen molar-refractivity contribution in [3.8, 4) is 0 Å². The van der Waals surface area contributed by atoms with Crippen molar-refractivity contribution in [2.45, 2.75) is 56.5 Å². The third kappa shape index (κ3) is 5.27. The molecule has 0 bridgehead atoms. The molecule has 1 amide bonds. The Bertz CT molecular complexity index is 1040. The molecule has 9 heteroatoms. The molecule has 2 N–H and O–H groups in total. The highest BCUT2D eigenvalue weighted by molar-refractivity contribution is 7.90. The maximum atomic E-state index is 16.0. The molecule has 2 unspecified atom stereocenters. The fraction of sp³-hybridized carbons (Fsp3) is 0.409. The van der Waals surface area contributed by atoms with E-state index in [4.69, 9.17) is 0 Å². The molecule has 0 spiro atoms. The lowest BCUT2D eigenvalue weighted by Crippen LogP contribution is -2.51. The first-order valence-corrected chi connectivity index (χ1v) is 11.6. The van der Waals surface area contributed by atoms with E-state index in [2.05, 4.69) is 10.0 Å². The van der Waals surface area contributed by atoms with Crippen molar-refractivity contribution in [2.75, 3.05) is 5.32 Å². The van der Waals surface area contributed by atoms with E-state index >= 15 is 4.39 Å². The maximum Gasteiger partial charge on any atom is 0.255 e. The molecule has 0 radical (unpaired) electrons. The third-order valence-corrected chi connectivity index (χ3v) is 7.36. The Morgan fingerprint density at radius 1 is 1.06 bits per heavy atom. The first kappa shape index (κ1) is 23.3. The largest absolute Gasteiger partial charge is 0.322 e. The van der Waals surface area contributed by atoms with E-state index in [1.54, 1.807) is 0 Å². The zero-order valence-electron chi connectivity index (χ0n) is 17.3. The van der Waals surface area contributed by atoms with Crippen LogP contribution >= 0.6 is 0 Å². The normalized spacial score (nSPS) is 21.8. The standard InChI is InChI=1S/C22H25F3N2O3S/c1-14(2)31(29,30)27-20-5-3-4-10-22(20,25)16-6-8-19(9-7-16)26-21(28)15-11-17(23)13-18(24)12-15/h6-9,11-14,20,27H,3-5,10H2,1-2H3,(H,26,28). The summed E-state index contributed by atoms with van der Waals surface area (Å²) in [5.74, 6) is -2.44. The molecular formula is C22H25F3N2O3S. The van der Waals surface area contributed by atoms with Crippen LogP contribution in [-0.2, 0) is 15.7 Å². The van der Waals surface area contributed by atoms with Gasteiger partial charge >= 0.3 is 0 Å². The summed E-state index contributed by atoms with van der Waals surface area (Å²) in [5.41, 5.74) is -1.44. The molecule has 3 rings (SSSR count). The Morgan fingerprint density at radius 3 is 2.26 bits per heavy atom. The second-order valence-electron chi connectivity index (χ2n) is 8.06. The molecule has 2 aromatic carbocycles. The number of carbonyl (C=O) groups excluding carboxylic acids is 1. The highest BCUT2D eigenvalue weighted by Gasteiger charge is 2.44. The Labute approximate surface area is 180 Å². The van der Waals surface area contributed by atoms with Crippen LogP contribution in [0.1, 0.15) is 55.5 Å². The molecule has 2 atom stereocenters. The van der Waals surface area contributed by atoms with Crippen LogP contribution in [0.3, 0.4) is 0 Å². The third-order valence-electron chi connectivity index (χ3n) is 5.51. The number of nitrogens with one attached hydrogen (secondary N) is 2. The molecular weight excluding hydrogens is 429 g/mol. The van der Waals surface area contributed by atoms with Crippen LogP contribution in [0, 0.1) is 11.6 Å². The van der Waals surface area contributed by atoms with Gasteiger partial charge in [-0.3, -0.25) is 4.79 Å². The zero-order valence-corrected chi connectivity index (χ0v) is 18.1. The first-order chi connectivity index (χ1) is 14.5. The minimum Gasteiger partial charge on any atom is -0.322 e. The van der Waals surface area contributed by atoms with E-state index in [9.17, 15) is 22.0 Å². The van der Waals surface area contributed by atoms with Gasteiger partial charge < -0.3 is 5.32 Å². The van der Waals surface area contributed by atoms with Gasteiger partial charge in [-0.25, -0.2) is 26.3 Å². The van der Waals surface area contributed by atoms with Crippen LogP contribution < -0.4 is 10.0 Å². The SMILES string of the molecule is CC(C)S(=O)(=O)NC1CCCCC1(F)c1ccc(NC(=O)c2cc(F)cc(F)c2)cc1. The fourth-order valence-corrected chi connectivity index (χ4v) is 4.66. The highest BCUT2D eigenvalue weighted by Crippen LogP contribution is 2.41. The van der Waals surface area contributed by atoms with Crippen LogP contribution in [0.5, 0.6) is 0 Å². The Morgan fingerprint density at radius 2 is 1.68 bits per heavy atom. The van der Waals surface area contributed by atoms with E-state index in [-0.39, 0.29) is 12.0 Å². The molecule has 0 aliphatic heterocycles. The number of carbonyl (C=O) groups is 1. The minimum absolute atomic E-state index is 0.173. The number of halogens is 3. The lowest BCUT2D eigenvalue weighted by molar-refractivity contribution is 0.0712. The fourth-order valence-electron chi connectivity index (χ4n) is 3.68. The Kier molecular flexibility index (Phi) is 6.76. The molecule has 1 fully saturated rings. The van der Waals surface area contributed by atoms with Crippen molar-refractivity contribution < 1.29 is 26.4 Å². The second kappa shape index (κ2) is 9.00. The van der Waals surface area contributed by atoms with E-state index in [0.29, 0.717) is 30.2 Å². The van der Waals surface area contributed by atoms with Gasteiger partial charge in [-0.15, -0.1) is 0 Å². The molecule has 31 heavy (non-hydrogen) atoms. The lowest BCUT2D eigenvalue weighted by atomic mass is 9.77. The van der Waals surface area contributed by atoms with Gasteiger partial charge in [0.2, 0.25) is 10.0 Å². The maximum absolute atomic E-state index is 16.0. The summed E-state index contributed by atoms with van der Waals surface area (Å²) < 4.78 is 69.8. The average Bonchev–Trinajstić information content (AvgIpc) is 2.69. The van der Waals surface area contributed by atoms with Crippen LogP contribution in [0.15, 0.2) is 42.5 Å². The summed E-state index contributed by atoms with van der Waals surface area (Å²) in [6, 6.07) is 7.55. The summed E-state index contributed by atoms with van der Waals surface area (Å²) in [6.45, 7) is 3.07. The molecule has 2 aromatic rings. The van der Waals surface area contributed by atoms with Crippen LogP contribution in [0.2, 0.25) is 0 Å². The van der Waals surface area contributed by atoms with Gasteiger partial charge in [0, 0.05) is 17.3 Å². The van der Waals surface area contributed by atoms with Crippen LogP contribution in [0.25, 0.3) is 0 Å². The van der Waals surface area contributed by atoms with Crippen molar-refractivity contribution in [1.29, 1.82) is 0 Å². The number of amides is 1. The molecule has 168 valence electrons. The van der Waals surface area contributed by atoms with Gasteiger partial charge in [0.25, 0.3) is 5.91 Å². The molecule has 1 aliphatic rings. The van der Waals surface area contributed by atoms with Crippen molar-refractivity contribution in [3.63, 3.8) is 0 Å². The smallest absolute Gasteiger partial charge is 0.255 e. The summed E-state index contributed by atoms with van der Waals surface area (Å²) in [4.78, 5) is 12.2. The van der Waals surface area contributed by atoms with Crippen LogP contribution in [-0.4, -0.2) is 25.6 Å². The number of hydrogen-bond acceptors (Lipinski definition) is 3. The Hall–Kier alpha value is -2.39. The summed E-state index contributed by atoms with van der Waals surface area (Å²) in [5, 5.41) is 1.84. The Balaban J connectivity index is 1.79. The van der Waals surface area contributed by atoms with E-state index in [1.165, 1.54) is 38.1 Å². The number of anilines is 1. The number of sulfonamides is 1. The number of benzene rings is 2. The monoisotopic (exact) mass is 454 g/mol. The summed E-state index contributed by atoms with van der Waals surface area (Å²) in [6.07, 6.45) is 1.90. The van der Waals surface area contributed by atoms with E-state index < -0.39 is 44.5 Å². The van der Waals surface area contributed by atoms with Gasteiger partial charge in [-0.05, 0) is 62.9 Å². The van der Waals surface area contributed by atoms with Gasteiger partial charge in [0.05, 0.1) is 11.3 Å². The molecule has 0 saturated heterocycles. The van der Waals surface area contributed by atoms with Crippen LogP contribution in [0.4, 0.5) is 18.9 Å². The molecule has 0 heterocycles. The van der Waals surface area contributed by atoms with Crippen molar-refractivity contribution >= 4 is 21.6 Å². The van der Waals surface area contributed by atoms with Crippen molar-refractivity contribution in [1.82, 2.24) is 4.72 Å². The number of hydrogen-bond donors (Lipinski definition) is 2. The lowest BCUT2D eigenvalue weighted by Gasteiger charge is -2.38. The van der Waals surface area contributed by atoms with Gasteiger partial charge in [-0.2, -0.15) is 0 Å². The molecule has 0 aromatic heterocycles. The minimum atomic E-state index is -3.65. The predicted octanol–water partition coefficient (Wildman–Crippen LogP) is 4.65. The second-order valence-corrected chi connectivity index (χ2v) is 10.3. The average molecular weight is 455 g/mol. The molecule has 1 saturated carbocycles. The van der Waals surface area contributed by atoms with Crippen molar-refractivity contribution in [3.05, 3.63) is 65.2 Å². The zero-order chi connectivity index (χ0) is 22.8. The van der Waals surface area contributed by atoms with E-state index in [1.807, 2.05) is 0 Å². The summed E-state index contributed by atoms with van der Waals surface area (Å²) in [7, 11) is -3.65. The topological polar surface area (TPSA) is 75.3 Å². The number of rotatable bonds is 6. The predicted molar refractivity (Wildman–Crippen MR) is 113 cm³/mol.